The lowest BCUT2D eigenvalue weighted by Crippen LogP contribution is -2.15. The van der Waals surface area contributed by atoms with Crippen LogP contribution in [0.4, 0.5) is 0 Å². The first-order chi connectivity index (χ1) is 6.06. The second-order valence-corrected chi connectivity index (χ2v) is 4.88. The molecule has 1 heteroatoms. The minimum Gasteiger partial charge on any atom is -0.299 e. The summed E-state index contributed by atoms with van der Waals surface area (Å²) in [6.07, 6.45) is 3.12. The summed E-state index contributed by atoms with van der Waals surface area (Å²) in [5.41, 5.74) is 0. The van der Waals surface area contributed by atoms with Crippen LogP contribution in [-0.2, 0) is 4.79 Å². The molecule has 1 aliphatic rings. The van der Waals surface area contributed by atoms with Crippen molar-refractivity contribution in [2.45, 2.75) is 47.0 Å². The zero-order chi connectivity index (χ0) is 10.0. The molecule has 0 aliphatic heterocycles. The second kappa shape index (κ2) is 4.26. The topological polar surface area (TPSA) is 17.1 Å². The minimum atomic E-state index is 0.373. The Kier molecular flexibility index (Phi) is 3.52. The van der Waals surface area contributed by atoms with Gasteiger partial charge in [-0.3, -0.25) is 4.79 Å². The highest BCUT2D eigenvalue weighted by molar-refractivity contribution is 5.81. The average molecular weight is 182 g/mol. The largest absolute Gasteiger partial charge is 0.299 e. The lowest BCUT2D eigenvalue weighted by atomic mass is 9.91. The van der Waals surface area contributed by atoms with Gasteiger partial charge in [0.15, 0.2) is 0 Å². The second-order valence-electron chi connectivity index (χ2n) is 4.88. The maximum Gasteiger partial charge on any atom is 0.135 e. The lowest BCUT2D eigenvalue weighted by molar-refractivity contribution is -0.123. The van der Waals surface area contributed by atoms with Gasteiger partial charge in [-0.2, -0.15) is 0 Å². The van der Waals surface area contributed by atoms with Crippen molar-refractivity contribution in [3.05, 3.63) is 0 Å². The summed E-state index contributed by atoms with van der Waals surface area (Å²) in [5, 5.41) is 0. The van der Waals surface area contributed by atoms with Crippen LogP contribution in [0.15, 0.2) is 0 Å². The zero-order valence-electron chi connectivity index (χ0n) is 9.34. The maximum atomic E-state index is 11.6. The van der Waals surface area contributed by atoms with Gasteiger partial charge in [0.2, 0.25) is 0 Å². The van der Waals surface area contributed by atoms with E-state index in [1.807, 2.05) is 6.92 Å². The fourth-order valence-electron chi connectivity index (χ4n) is 2.55. The maximum absolute atomic E-state index is 11.6. The van der Waals surface area contributed by atoms with Gasteiger partial charge < -0.3 is 0 Å². The highest BCUT2D eigenvalue weighted by Crippen LogP contribution is 2.40. The fraction of sp³-hybridized carbons (Fsp3) is 0.917. The van der Waals surface area contributed by atoms with E-state index in [9.17, 15) is 4.79 Å². The van der Waals surface area contributed by atoms with Crippen molar-refractivity contribution >= 4 is 5.78 Å². The predicted molar refractivity (Wildman–Crippen MR) is 55.5 cm³/mol. The van der Waals surface area contributed by atoms with Crippen LogP contribution in [0.25, 0.3) is 0 Å². The standard InChI is InChI=1S/C12H22O/c1-5-12(13)11-7-10(8(2)3)6-9(11)4/h8-11H,5-7H2,1-4H3. The van der Waals surface area contributed by atoms with Gasteiger partial charge in [-0.15, -0.1) is 0 Å². The zero-order valence-corrected chi connectivity index (χ0v) is 9.34. The smallest absolute Gasteiger partial charge is 0.135 e. The molecule has 0 amide bonds. The summed E-state index contributed by atoms with van der Waals surface area (Å²) >= 11 is 0. The molecule has 0 bridgehead atoms. The highest BCUT2D eigenvalue weighted by Gasteiger charge is 2.35. The fourth-order valence-corrected chi connectivity index (χ4v) is 2.55. The molecule has 0 heterocycles. The first-order valence-corrected chi connectivity index (χ1v) is 5.59. The van der Waals surface area contributed by atoms with Crippen molar-refractivity contribution in [1.29, 1.82) is 0 Å². The monoisotopic (exact) mass is 182 g/mol. The van der Waals surface area contributed by atoms with Crippen molar-refractivity contribution in [2.75, 3.05) is 0 Å². The molecule has 1 aliphatic carbocycles. The van der Waals surface area contributed by atoms with Gasteiger partial charge in [-0.25, -0.2) is 0 Å². The Bertz CT molecular complexity index is 184. The van der Waals surface area contributed by atoms with Crippen LogP contribution in [-0.4, -0.2) is 5.78 Å². The molecule has 3 unspecified atom stereocenters. The van der Waals surface area contributed by atoms with E-state index in [-0.39, 0.29) is 0 Å². The van der Waals surface area contributed by atoms with Crippen molar-refractivity contribution in [3.63, 3.8) is 0 Å². The normalized spacial score (nSPS) is 34.1. The van der Waals surface area contributed by atoms with Gasteiger partial charge in [0.1, 0.15) is 5.78 Å². The molecule has 0 aromatic heterocycles. The molecule has 3 atom stereocenters. The molecule has 0 saturated heterocycles. The molecule has 1 fully saturated rings. The number of carbonyl (C=O) groups is 1. The molecule has 76 valence electrons. The third-order valence-corrected chi connectivity index (χ3v) is 3.62. The number of ketones is 1. The van der Waals surface area contributed by atoms with Crippen LogP contribution in [0.1, 0.15) is 47.0 Å². The molecule has 0 spiro atoms. The summed E-state index contributed by atoms with van der Waals surface area (Å²) in [4.78, 5) is 11.6. The van der Waals surface area contributed by atoms with Crippen LogP contribution in [0.5, 0.6) is 0 Å². The predicted octanol–water partition coefficient (Wildman–Crippen LogP) is 3.28. The molecule has 1 nitrogen and oxygen atoms in total. The number of hydrogen-bond donors (Lipinski definition) is 0. The first-order valence-electron chi connectivity index (χ1n) is 5.59. The lowest BCUT2D eigenvalue weighted by Gasteiger charge is -2.13. The Labute approximate surface area is 81.9 Å². The Morgan fingerprint density at radius 3 is 2.38 bits per heavy atom. The summed E-state index contributed by atoms with van der Waals surface area (Å²) in [7, 11) is 0. The van der Waals surface area contributed by atoms with Crippen molar-refractivity contribution < 1.29 is 4.79 Å². The molecular weight excluding hydrogens is 160 g/mol. The average Bonchev–Trinajstić information content (AvgIpc) is 2.46. The quantitative estimate of drug-likeness (QED) is 0.654. The highest BCUT2D eigenvalue weighted by atomic mass is 16.1. The Morgan fingerprint density at radius 2 is 2.00 bits per heavy atom. The number of Topliss-reactive ketones (excluding diaryl/α,β-unsaturated/α-hetero) is 1. The molecule has 1 rings (SSSR count). The first kappa shape index (κ1) is 10.7. The molecular formula is C12H22O. The Balaban J connectivity index is 2.56. The Morgan fingerprint density at radius 1 is 1.38 bits per heavy atom. The van der Waals surface area contributed by atoms with Crippen molar-refractivity contribution in [3.8, 4) is 0 Å². The van der Waals surface area contributed by atoms with Gasteiger partial charge >= 0.3 is 0 Å². The Hall–Kier alpha value is -0.330. The van der Waals surface area contributed by atoms with Crippen LogP contribution in [0, 0.1) is 23.7 Å². The van der Waals surface area contributed by atoms with E-state index in [1.54, 1.807) is 0 Å². The van der Waals surface area contributed by atoms with E-state index < -0.39 is 0 Å². The van der Waals surface area contributed by atoms with Gasteiger partial charge in [-0.05, 0) is 30.6 Å². The molecule has 13 heavy (non-hydrogen) atoms. The summed E-state index contributed by atoms with van der Waals surface area (Å²) < 4.78 is 0. The van der Waals surface area contributed by atoms with Crippen LogP contribution in [0.2, 0.25) is 0 Å². The van der Waals surface area contributed by atoms with E-state index >= 15 is 0 Å². The van der Waals surface area contributed by atoms with Crippen molar-refractivity contribution in [1.82, 2.24) is 0 Å². The molecule has 1 saturated carbocycles. The molecule has 0 N–H and O–H groups in total. The van der Waals surface area contributed by atoms with E-state index in [1.165, 1.54) is 6.42 Å². The van der Waals surface area contributed by atoms with Crippen LogP contribution >= 0.6 is 0 Å². The van der Waals surface area contributed by atoms with E-state index in [0.717, 1.165) is 24.7 Å². The van der Waals surface area contributed by atoms with Crippen LogP contribution < -0.4 is 0 Å². The van der Waals surface area contributed by atoms with E-state index in [0.29, 0.717) is 17.6 Å². The SMILES string of the molecule is CCC(=O)C1CC(C(C)C)CC1C. The van der Waals surface area contributed by atoms with Gasteiger partial charge in [0.25, 0.3) is 0 Å². The summed E-state index contributed by atoms with van der Waals surface area (Å²) in [5.74, 6) is 3.01. The van der Waals surface area contributed by atoms with Crippen LogP contribution in [0.3, 0.4) is 0 Å². The van der Waals surface area contributed by atoms with Gasteiger partial charge in [0.05, 0.1) is 0 Å². The third-order valence-electron chi connectivity index (χ3n) is 3.62. The van der Waals surface area contributed by atoms with Gasteiger partial charge in [0, 0.05) is 12.3 Å². The summed E-state index contributed by atoms with van der Waals surface area (Å²) in [6.45, 7) is 8.77. The minimum absolute atomic E-state index is 0.373. The van der Waals surface area contributed by atoms with E-state index in [4.69, 9.17) is 0 Å². The number of rotatable bonds is 3. The van der Waals surface area contributed by atoms with Crippen molar-refractivity contribution in [2.24, 2.45) is 23.7 Å². The molecule has 0 radical (unpaired) electrons. The third kappa shape index (κ3) is 2.32. The molecule has 0 aromatic carbocycles. The van der Waals surface area contributed by atoms with Gasteiger partial charge in [-0.1, -0.05) is 27.7 Å². The van der Waals surface area contributed by atoms with E-state index in [2.05, 4.69) is 20.8 Å². The number of hydrogen-bond acceptors (Lipinski definition) is 1. The number of carbonyl (C=O) groups excluding carboxylic acids is 1. The summed E-state index contributed by atoms with van der Waals surface area (Å²) in [6, 6.07) is 0. The molecule has 0 aromatic rings.